The van der Waals surface area contributed by atoms with Gasteiger partial charge in [-0.05, 0) is 55.0 Å². The van der Waals surface area contributed by atoms with Gasteiger partial charge in [-0.3, -0.25) is 0 Å². The van der Waals surface area contributed by atoms with Gasteiger partial charge in [-0.15, -0.1) is 0 Å². The van der Waals surface area contributed by atoms with E-state index in [4.69, 9.17) is 5.11 Å². The Morgan fingerprint density at radius 1 is 1.15 bits per heavy atom. The van der Waals surface area contributed by atoms with E-state index in [-0.39, 0.29) is 10.9 Å². The van der Waals surface area contributed by atoms with Crippen molar-refractivity contribution in [2.45, 2.75) is 43.2 Å². The lowest BCUT2D eigenvalue weighted by Crippen LogP contribution is -2.38. The van der Waals surface area contributed by atoms with Crippen molar-refractivity contribution in [3.63, 3.8) is 0 Å². The minimum atomic E-state index is -3.58. The lowest BCUT2D eigenvalue weighted by molar-refractivity contribution is -0.146. The van der Waals surface area contributed by atoms with Crippen molar-refractivity contribution < 1.29 is 23.4 Å². The van der Waals surface area contributed by atoms with Crippen molar-refractivity contribution in [2.24, 2.45) is 0 Å². The Balaban J connectivity index is 1.74. The number of benzene rings is 2. The number of aliphatic hydroxyl groups is 1. The Bertz CT molecular complexity index is 921. The van der Waals surface area contributed by atoms with Crippen LogP contribution < -0.4 is 4.72 Å². The number of aliphatic hydroxyl groups excluding tert-OH is 1. The predicted octanol–water partition coefficient (Wildman–Crippen LogP) is 1.95. The fraction of sp³-hybridized carbons (Fsp3) is 0.316. The SMILES string of the molecule is Cc1ccc(S(=O)(=O)NC2CCc3cc(C(O)C(=O)O)ccc3C2)cc1. The fourth-order valence-corrected chi connectivity index (χ4v) is 4.46. The average Bonchev–Trinajstić information content (AvgIpc) is 2.60. The monoisotopic (exact) mass is 375 g/mol. The molecule has 0 heterocycles. The van der Waals surface area contributed by atoms with Crippen LogP contribution in [0.4, 0.5) is 0 Å². The topological polar surface area (TPSA) is 104 Å². The van der Waals surface area contributed by atoms with Crippen molar-refractivity contribution >= 4 is 16.0 Å². The second-order valence-electron chi connectivity index (χ2n) is 6.64. The lowest BCUT2D eigenvalue weighted by Gasteiger charge is -2.26. The van der Waals surface area contributed by atoms with Crippen molar-refractivity contribution in [2.75, 3.05) is 0 Å². The summed E-state index contributed by atoms with van der Waals surface area (Å²) in [5, 5.41) is 18.6. The standard InChI is InChI=1S/C19H21NO5S/c1-12-2-8-17(9-3-12)26(24,25)20-16-7-6-13-10-15(18(21)19(22)23)5-4-14(13)11-16/h2-5,8-10,16,18,20-21H,6-7,11H2,1H3,(H,22,23). The summed E-state index contributed by atoms with van der Waals surface area (Å²) < 4.78 is 27.8. The van der Waals surface area contributed by atoms with Gasteiger partial charge in [0, 0.05) is 6.04 Å². The van der Waals surface area contributed by atoms with Crippen molar-refractivity contribution in [3.8, 4) is 0 Å². The molecule has 0 saturated carbocycles. The Labute approximate surface area is 152 Å². The Morgan fingerprint density at radius 3 is 2.50 bits per heavy atom. The number of rotatable bonds is 5. The number of fused-ring (bicyclic) bond motifs is 1. The first-order valence-corrected chi connectivity index (χ1v) is 9.86. The molecular weight excluding hydrogens is 354 g/mol. The molecule has 0 amide bonds. The maximum absolute atomic E-state index is 12.5. The molecule has 0 saturated heterocycles. The molecule has 2 unspecified atom stereocenters. The van der Waals surface area contributed by atoms with Crippen LogP contribution >= 0.6 is 0 Å². The van der Waals surface area contributed by atoms with Gasteiger partial charge in [-0.1, -0.05) is 35.9 Å². The van der Waals surface area contributed by atoms with Crippen LogP contribution in [0.25, 0.3) is 0 Å². The summed E-state index contributed by atoms with van der Waals surface area (Å²) in [6, 6.07) is 11.5. The molecule has 0 fully saturated rings. The molecule has 0 aliphatic heterocycles. The number of carbonyl (C=O) groups is 1. The van der Waals surface area contributed by atoms with Crippen LogP contribution in [0.2, 0.25) is 0 Å². The summed E-state index contributed by atoms with van der Waals surface area (Å²) in [4.78, 5) is 11.1. The molecule has 0 spiro atoms. The first-order valence-electron chi connectivity index (χ1n) is 8.38. The van der Waals surface area contributed by atoms with Gasteiger partial charge in [-0.25, -0.2) is 17.9 Å². The zero-order valence-corrected chi connectivity index (χ0v) is 15.2. The molecule has 0 radical (unpaired) electrons. The molecule has 3 N–H and O–H groups in total. The Morgan fingerprint density at radius 2 is 1.85 bits per heavy atom. The number of carboxylic acids is 1. The van der Waals surface area contributed by atoms with Crippen LogP contribution in [-0.4, -0.2) is 30.6 Å². The quantitative estimate of drug-likeness (QED) is 0.741. The van der Waals surface area contributed by atoms with Crippen molar-refractivity contribution in [1.29, 1.82) is 0 Å². The molecule has 26 heavy (non-hydrogen) atoms. The van der Waals surface area contributed by atoms with E-state index in [1.54, 1.807) is 42.5 Å². The molecule has 138 valence electrons. The number of aryl methyl sites for hydroxylation is 2. The molecule has 7 heteroatoms. The highest BCUT2D eigenvalue weighted by molar-refractivity contribution is 7.89. The molecule has 2 aromatic rings. The molecule has 0 bridgehead atoms. The van der Waals surface area contributed by atoms with Gasteiger partial charge in [0.25, 0.3) is 0 Å². The third-order valence-electron chi connectivity index (χ3n) is 4.66. The highest BCUT2D eigenvalue weighted by Crippen LogP contribution is 2.26. The second kappa shape index (κ2) is 7.19. The Hall–Kier alpha value is -2.22. The lowest BCUT2D eigenvalue weighted by atomic mass is 9.87. The summed E-state index contributed by atoms with van der Waals surface area (Å²) in [7, 11) is -3.58. The molecule has 6 nitrogen and oxygen atoms in total. The van der Waals surface area contributed by atoms with E-state index in [1.165, 1.54) is 0 Å². The maximum atomic E-state index is 12.5. The Kier molecular flexibility index (Phi) is 5.13. The zero-order valence-electron chi connectivity index (χ0n) is 14.3. The van der Waals surface area contributed by atoms with E-state index in [0.717, 1.165) is 16.7 Å². The number of nitrogens with one attached hydrogen (secondary N) is 1. The predicted molar refractivity (Wildman–Crippen MR) is 96.4 cm³/mol. The number of carboxylic acid groups (broad SMARTS) is 1. The van der Waals surface area contributed by atoms with Gasteiger partial charge in [-0.2, -0.15) is 0 Å². The highest BCUT2D eigenvalue weighted by Gasteiger charge is 2.25. The van der Waals surface area contributed by atoms with E-state index < -0.39 is 22.1 Å². The highest BCUT2D eigenvalue weighted by atomic mass is 32.2. The molecular formula is C19H21NO5S. The van der Waals surface area contributed by atoms with Crippen LogP contribution in [0.15, 0.2) is 47.4 Å². The fourth-order valence-electron chi connectivity index (χ4n) is 3.19. The van der Waals surface area contributed by atoms with Crippen LogP contribution in [0, 0.1) is 6.92 Å². The molecule has 1 aliphatic carbocycles. The third-order valence-corrected chi connectivity index (χ3v) is 6.20. The summed E-state index contributed by atoms with van der Waals surface area (Å²) in [5.74, 6) is -1.29. The first-order chi connectivity index (χ1) is 12.3. The van der Waals surface area contributed by atoms with Gasteiger partial charge >= 0.3 is 5.97 Å². The summed E-state index contributed by atoms with van der Waals surface area (Å²) in [6.45, 7) is 1.90. The summed E-state index contributed by atoms with van der Waals surface area (Å²) >= 11 is 0. The van der Waals surface area contributed by atoms with Crippen LogP contribution in [0.5, 0.6) is 0 Å². The molecule has 0 aromatic heterocycles. The normalized spacial score (nSPS) is 18.2. The van der Waals surface area contributed by atoms with E-state index >= 15 is 0 Å². The summed E-state index contributed by atoms with van der Waals surface area (Å²) in [5.41, 5.74) is 3.26. The van der Waals surface area contributed by atoms with Gasteiger partial charge in [0.15, 0.2) is 6.10 Å². The van der Waals surface area contributed by atoms with E-state index in [9.17, 15) is 18.3 Å². The first kappa shape index (κ1) is 18.6. The van der Waals surface area contributed by atoms with Gasteiger partial charge < -0.3 is 10.2 Å². The smallest absolute Gasteiger partial charge is 0.337 e. The minimum absolute atomic E-state index is 0.218. The third kappa shape index (κ3) is 3.95. The number of sulfonamides is 1. The number of aliphatic carboxylic acids is 1. The average molecular weight is 375 g/mol. The molecule has 1 aliphatic rings. The van der Waals surface area contributed by atoms with Gasteiger partial charge in [0.1, 0.15) is 0 Å². The molecule has 3 rings (SSSR count). The van der Waals surface area contributed by atoms with E-state index in [0.29, 0.717) is 24.8 Å². The zero-order chi connectivity index (χ0) is 18.9. The number of hydrogen-bond donors (Lipinski definition) is 3. The molecule has 2 atom stereocenters. The van der Waals surface area contributed by atoms with E-state index in [2.05, 4.69) is 4.72 Å². The molecule has 2 aromatic carbocycles. The van der Waals surface area contributed by atoms with E-state index in [1.807, 2.05) is 6.92 Å². The van der Waals surface area contributed by atoms with Crippen molar-refractivity contribution in [3.05, 3.63) is 64.7 Å². The van der Waals surface area contributed by atoms with Crippen LogP contribution in [0.3, 0.4) is 0 Å². The summed E-state index contributed by atoms with van der Waals surface area (Å²) in [6.07, 6.45) is 0.226. The number of hydrogen-bond acceptors (Lipinski definition) is 4. The van der Waals surface area contributed by atoms with Crippen LogP contribution in [0.1, 0.15) is 34.8 Å². The van der Waals surface area contributed by atoms with Crippen LogP contribution in [-0.2, 0) is 27.7 Å². The minimum Gasteiger partial charge on any atom is -0.479 e. The maximum Gasteiger partial charge on any atom is 0.337 e. The second-order valence-corrected chi connectivity index (χ2v) is 8.36. The van der Waals surface area contributed by atoms with Crippen molar-refractivity contribution in [1.82, 2.24) is 4.72 Å². The van der Waals surface area contributed by atoms with Gasteiger partial charge in [0.05, 0.1) is 4.90 Å². The largest absolute Gasteiger partial charge is 0.479 e. The van der Waals surface area contributed by atoms with Gasteiger partial charge in [0.2, 0.25) is 10.0 Å².